The van der Waals surface area contributed by atoms with Gasteiger partial charge in [0, 0.05) is 18.0 Å². The van der Waals surface area contributed by atoms with Crippen LogP contribution >= 0.6 is 11.3 Å². The van der Waals surface area contributed by atoms with Gasteiger partial charge in [-0.15, -0.1) is 20.1 Å². The van der Waals surface area contributed by atoms with Crippen LogP contribution in [0.15, 0.2) is 35.1 Å². The molecule has 0 aliphatic carbocycles. The molecule has 3 heterocycles. The van der Waals surface area contributed by atoms with E-state index in [9.17, 15) is 17.7 Å². The second kappa shape index (κ2) is 8.96. The van der Waals surface area contributed by atoms with Crippen LogP contribution in [-0.2, 0) is 21.2 Å². The first-order valence-corrected chi connectivity index (χ1v) is 13.2. The van der Waals surface area contributed by atoms with Gasteiger partial charge in [0.25, 0.3) is 21.2 Å². The average Bonchev–Trinajstić information content (AvgIpc) is 3.38. The molecule has 2 aromatic rings. The van der Waals surface area contributed by atoms with Crippen molar-refractivity contribution in [1.82, 2.24) is 9.62 Å². The maximum Gasteiger partial charge on any atom is 0.269 e. The summed E-state index contributed by atoms with van der Waals surface area (Å²) in [5, 5.41) is 18.1. The third kappa shape index (κ3) is 4.90. The van der Waals surface area contributed by atoms with Gasteiger partial charge in [0.2, 0.25) is 0 Å². The van der Waals surface area contributed by atoms with Gasteiger partial charge in [0.05, 0.1) is 18.0 Å². The Labute approximate surface area is 194 Å². The molecule has 1 aliphatic rings. The smallest absolute Gasteiger partial charge is 0.269 e. The SMILES string of the molecule is CC[C@@H](NC1=NS(=O)N=C1Nc1csc(S(=O)(=O)N(C)C(C)(C)C)c1O)c1cc(C)co1. The van der Waals surface area contributed by atoms with Crippen molar-refractivity contribution >= 4 is 49.9 Å². The fourth-order valence-corrected chi connectivity index (χ4v) is 6.37. The van der Waals surface area contributed by atoms with Crippen molar-refractivity contribution < 1.29 is 22.2 Å². The van der Waals surface area contributed by atoms with Gasteiger partial charge >= 0.3 is 0 Å². The fraction of sp³-hybridized carbons (Fsp3) is 0.474. The van der Waals surface area contributed by atoms with Crippen LogP contribution in [0.4, 0.5) is 5.69 Å². The minimum absolute atomic E-state index is 0.130. The lowest BCUT2D eigenvalue weighted by molar-refractivity contribution is 0.291. The molecule has 2 aromatic heterocycles. The number of furan rings is 1. The van der Waals surface area contributed by atoms with Crippen LogP contribution in [-0.4, -0.2) is 46.3 Å². The molecule has 176 valence electrons. The summed E-state index contributed by atoms with van der Waals surface area (Å²) in [7, 11) is -2.46. The molecule has 1 aliphatic heterocycles. The summed E-state index contributed by atoms with van der Waals surface area (Å²) in [5.74, 6) is 0.624. The van der Waals surface area contributed by atoms with Crippen molar-refractivity contribution in [2.45, 2.75) is 56.8 Å². The number of amidine groups is 2. The summed E-state index contributed by atoms with van der Waals surface area (Å²) >= 11 is -0.964. The molecule has 0 aromatic carbocycles. The van der Waals surface area contributed by atoms with Gasteiger partial charge in [-0.05, 0) is 45.7 Å². The van der Waals surface area contributed by atoms with E-state index in [0.29, 0.717) is 12.2 Å². The number of aromatic hydroxyl groups is 1. The van der Waals surface area contributed by atoms with E-state index in [1.165, 1.54) is 16.7 Å². The highest BCUT2D eigenvalue weighted by Gasteiger charge is 2.35. The first-order chi connectivity index (χ1) is 14.8. The van der Waals surface area contributed by atoms with Crippen molar-refractivity contribution in [3.8, 4) is 5.75 Å². The van der Waals surface area contributed by atoms with E-state index >= 15 is 0 Å². The monoisotopic (exact) mass is 501 g/mol. The second-order valence-corrected chi connectivity index (χ2v) is 12.2. The van der Waals surface area contributed by atoms with Crippen LogP contribution in [0.2, 0.25) is 0 Å². The molecule has 2 atom stereocenters. The topological polar surface area (TPSA) is 137 Å². The number of sulfonamides is 1. The third-order valence-electron chi connectivity index (χ3n) is 4.90. The number of thiophene rings is 1. The Morgan fingerprint density at radius 3 is 2.53 bits per heavy atom. The van der Waals surface area contributed by atoms with Crippen molar-refractivity contribution in [2.24, 2.45) is 8.80 Å². The summed E-state index contributed by atoms with van der Waals surface area (Å²) in [6.07, 6.45) is 2.30. The molecule has 0 saturated heterocycles. The number of nitrogens with zero attached hydrogens (tertiary/aromatic N) is 3. The van der Waals surface area contributed by atoms with Gasteiger partial charge in [-0.1, -0.05) is 6.92 Å². The van der Waals surface area contributed by atoms with E-state index in [4.69, 9.17) is 4.42 Å². The predicted molar refractivity (Wildman–Crippen MR) is 127 cm³/mol. The number of hydrogen-bond acceptors (Lipinski definition) is 8. The van der Waals surface area contributed by atoms with Gasteiger partial charge in [0.15, 0.2) is 21.6 Å². The molecular weight excluding hydrogens is 474 g/mol. The van der Waals surface area contributed by atoms with Crippen molar-refractivity contribution in [1.29, 1.82) is 0 Å². The van der Waals surface area contributed by atoms with Gasteiger partial charge in [-0.25, -0.2) is 12.6 Å². The Bertz CT molecular complexity index is 1190. The van der Waals surface area contributed by atoms with Crippen LogP contribution in [0.25, 0.3) is 0 Å². The van der Waals surface area contributed by atoms with Crippen molar-refractivity contribution in [2.75, 3.05) is 12.4 Å². The molecule has 0 radical (unpaired) electrons. The summed E-state index contributed by atoms with van der Waals surface area (Å²) < 4.78 is 52.4. The van der Waals surface area contributed by atoms with E-state index in [2.05, 4.69) is 19.4 Å². The summed E-state index contributed by atoms with van der Waals surface area (Å²) in [6.45, 7) is 9.15. The normalized spacial score (nSPS) is 17.9. The number of nitrogens with one attached hydrogen (secondary N) is 2. The summed E-state index contributed by atoms with van der Waals surface area (Å²) in [6, 6.07) is 1.66. The second-order valence-electron chi connectivity index (χ2n) is 8.30. The first-order valence-electron chi connectivity index (χ1n) is 9.82. The quantitative estimate of drug-likeness (QED) is 0.552. The molecule has 32 heavy (non-hydrogen) atoms. The van der Waals surface area contributed by atoms with E-state index in [1.807, 2.05) is 19.9 Å². The fourth-order valence-electron chi connectivity index (χ4n) is 2.83. The lowest BCUT2D eigenvalue weighted by Crippen LogP contribution is -2.42. The number of rotatable bonds is 6. The van der Waals surface area contributed by atoms with Crippen LogP contribution in [0.3, 0.4) is 0 Å². The molecule has 0 spiro atoms. The highest BCUT2D eigenvalue weighted by molar-refractivity contribution is 7.91. The van der Waals surface area contributed by atoms with E-state index in [0.717, 1.165) is 16.9 Å². The summed E-state index contributed by atoms with van der Waals surface area (Å²) in [4.78, 5) is 0. The Balaban J connectivity index is 1.83. The minimum atomic E-state index is -3.92. The lowest BCUT2D eigenvalue weighted by Gasteiger charge is -2.30. The van der Waals surface area contributed by atoms with Crippen LogP contribution in [0.5, 0.6) is 5.75 Å². The summed E-state index contributed by atoms with van der Waals surface area (Å²) in [5.41, 5.74) is 0.435. The highest BCUT2D eigenvalue weighted by Crippen LogP contribution is 2.40. The maximum absolute atomic E-state index is 12.9. The Morgan fingerprint density at radius 2 is 1.97 bits per heavy atom. The van der Waals surface area contributed by atoms with Gasteiger partial charge < -0.3 is 20.2 Å². The first kappa shape index (κ1) is 24.4. The zero-order valence-electron chi connectivity index (χ0n) is 18.7. The van der Waals surface area contributed by atoms with Crippen LogP contribution in [0.1, 0.15) is 51.5 Å². The van der Waals surface area contributed by atoms with E-state index in [1.54, 1.807) is 27.0 Å². The minimum Gasteiger partial charge on any atom is -0.504 e. The molecule has 3 rings (SSSR count). The Morgan fingerprint density at radius 1 is 1.31 bits per heavy atom. The highest BCUT2D eigenvalue weighted by atomic mass is 32.2. The van der Waals surface area contributed by atoms with E-state index in [-0.39, 0.29) is 27.6 Å². The molecule has 10 nitrogen and oxygen atoms in total. The van der Waals surface area contributed by atoms with Gasteiger partial charge in [0.1, 0.15) is 5.76 Å². The van der Waals surface area contributed by atoms with Crippen molar-refractivity contribution in [3.05, 3.63) is 29.0 Å². The maximum atomic E-state index is 12.9. The molecule has 0 fully saturated rings. The lowest BCUT2D eigenvalue weighted by atomic mass is 10.1. The van der Waals surface area contributed by atoms with Gasteiger partial charge in [-0.3, -0.25) is 0 Å². The number of anilines is 1. The van der Waals surface area contributed by atoms with Crippen LogP contribution in [0, 0.1) is 6.92 Å². The average molecular weight is 502 g/mol. The molecule has 0 bridgehead atoms. The van der Waals surface area contributed by atoms with Crippen molar-refractivity contribution in [3.63, 3.8) is 0 Å². The molecule has 13 heteroatoms. The Hall–Kier alpha value is -2.22. The number of aryl methyl sites for hydroxylation is 1. The van der Waals surface area contributed by atoms with Crippen LogP contribution < -0.4 is 10.6 Å². The molecule has 1 unspecified atom stereocenters. The zero-order valence-corrected chi connectivity index (χ0v) is 21.1. The number of hydrogen-bond donors (Lipinski definition) is 3. The molecule has 3 N–H and O–H groups in total. The zero-order chi connectivity index (χ0) is 23.8. The molecular formula is C19H27N5O5S3. The predicted octanol–water partition coefficient (Wildman–Crippen LogP) is 3.32. The van der Waals surface area contributed by atoms with E-state index < -0.39 is 32.5 Å². The molecule has 0 saturated carbocycles. The van der Waals surface area contributed by atoms with Gasteiger partial charge in [-0.2, -0.15) is 4.31 Å². The molecule has 0 amide bonds. The standard InChI is InChI=1S/C19H27N5O5S3/c1-7-12(14-8-11(2)9-29-14)20-16-17(23-31(26)22-16)21-13-10-30-18(15(13)25)32(27,28)24(6)19(3,4)5/h8-10,12,25H,7H2,1-6H3,(H,20,22)(H,21,23)/t12-,31?/m1/s1. The Kier molecular flexibility index (Phi) is 6.84. The third-order valence-corrected chi connectivity index (χ3v) is 9.19. The largest absolute Gasteiger partial charge is 0.504 e.